The molecule has 0 radical (unpaired) electrons. The molecular weight excluding hydrogens is 328 g/mol. The molecule has 0 aliphatic carbocycles. The van der Waals surface area contributed by atoms with Crippen LogP contribution in [0, 0.1) is 6.92 Å². The number of fused-ring (bicyclic) bond motifs is 1. The van der Waals surface area contributed by atoms with Crippen LogP contribution in [-0.4, -0.2) is 28.1 Å². The molecule has 1 unspecified atom stereocenters. The molecule has 24 heavy (non-hydrogen) atoms. The maximum atomic E-state index is 12.1. The predicted molar refractivity (Wildman–Crippen MR) is 91.5 cm³/mol. The molecule has 7 nitrogen and oxygen atoms in total. The van der Waals surface area contributed by atoms with Crippen LogP contribution in [0.4, 0.5) is 10.8 Å². The van der Waals surface area contributed by atoms with E-state index in [0.717, 1.165) is 10.6 Å². The number of amides is 2. The lowest BCUT2D eigenvalue weighted by molar-refractivity contribution is -0.128. The van der Waals surface area contributed by atoms with Crippen molar-refractivity contribution in [2.45, 2.75) is 39.2 Å². The van der Waals surface area contributed by atoms with E-state index in [1.165, 1.54) is 11.3 Å². The molecule has 2 N–H and O–H groups in total. The Morgan fingerprint density at radius 2 is 2.21 bits per heavy atom. The number of carbonyl (C=O) groups excluding carboxylic acids is 2. The number of aryl methyl sites for hydroxylation is 1. The van der Waals surface area contributed by atoms with Gasteiger partial charge in [0.2, 0.25) is 11.0 Å². The van der Waals surface area contributed by atoms with E-state index in [0.29, 0.717) is 16.6 Å². The van der Waals surface area contributed by atoms with E-state index in [9.17, 15) is 9.59 Å². The highest BCUT2D eigenvalue weighted by molar-refractivity contribution is 7.15. The van der Waals surface area contributed by atoms with Gasteiger partial charge in [-0.1, -0.05) is 31.3 Å². The fourth-order valence-electron chi connectivity index (χ4n) is 2.26. The maximum Gasteiger partial charge on any atom is 0.266 e. The van der Waals surface area contributed by atoms with Crippen LogP contribution < -0.4 is 15.4 Å². The minimum Gasteiger partial charge on any atom is -0.478 e. The number of nitrogens with zero attached hydrogens (tertiary/aromatic N) is 2. The SMILES string of the molecule is Cc1ccc2c(c1)NC(=O)C(CC(=O)Nc1nnc(C(C)C)s1)O2. The molecule has 126 valence electrons. The first-order valence-corrected chi connectivity index (χ1v) is 8.45. The van der Waals surface area contributed by atoms with E-state index in [4.69, 9.17) is 4.74 Å². The van der Waals surface area contributed by atoms with E-state index in [1.807, 2.05) is 32.9 Å². The average Bonchev–Trinajstić information content (AvgIpc) is 2.97. The lowest BCUT2D eigenvalue weighted by atomic mass is 10.1. The molecule has 1 aromatic heterocycles. The van der Waals surface area contributed by atoms with Crippen molar-refractivity contribution >= 4 is 34.0 Å². The Labute approximate surface area is 143 Å². The lowest BCUT2D eigenvalue weighted by Gasteiger charge is -2.25. The topological polar surface area (TPSA) is 93.2 Å². The van der Waals surface area contributed by atoms with Gasteiger partial charge in [0.1, 0.15) is 10.8 Å². The van der Waals surface area contributed by atoms with Crippen molar-refractivity contribution in [3.8, 4) is 5.75 Å². The summed E-state index contributed by atoms with van der Waals surface area (Å²) < 4.78 is 5.65. The van der Waals surface area contributed by atoms with Gasteiger partial charge in [-0.05, 0) is 24.6 Å². The number of aromatic nitrogens is 2. The first kappa shape index (κ1) is 16.4. The van der Waals surface area contributed by atoms with Crippen molar-refractivity contribution in [3.63, 3.8) is 0 Å². The fourth-order valence-corrected chi connectivity index (χ4v) is 3.02. The highest BCUT2D eigenvalue weighted by atomic mass is 32.1. The number of carbonyl (C=O) groups is 2. The standard InChI is InChI=1S/C16H18N4O3S/c1-8(2)15-19-20-16(24-15)18-13(21)7-12-14(22)17-10-6-9(3)4-5-11(10)23-12/h4-6,8,12H,7H2,1-3H3,(H,17,22)(H,18,20,21). The molecular formula is C16H18N4O3S. The zero-order chi connectivity index (χ0) is 17.3. The smallest absolute Gasteiger partial charge is 0.266 e. The van der Waals surface area contributed by atoms with Gasteiger partial charge < -0.3 is 15.4 Å². The van der Waals surface area contributed by atoms with E-state index >= 15 is 0 Å². The largest absolute Gasteiger partial charge is 0.478 e. The quantitative estimate of drug-likeness (QED) is 0.888. The Hall–Kier alpha value is -2.48. The minimum atomic E-state index is -0.863. The molecule has 0 spiro atoms. The Bertz CT molecular complexity index is 787. The van der Waals surface area contributed by atoms with E-state index in [2.05, 4.69) is 20.8 Å². The van der Waals surface area contributed by atoms with Crippen molar-refractivity contribution in [1.82, 2.24) is 10.2 Å². The second kappa shape index (κ2) is 6.56. The van der Waals surface area contributed by atoms with Crippen molar-refractivity contribution in [1.29, 1.82) is 0 Å². The molecule has 2 heterocycles. The van der Waals surface area contributed by atoms with E-state index in [-0.39, 0.29) is 24.2 Å². The van der Waals surface area contributed by atoms with E-state index < -0.39 is 6.10 Å². The van der Waals surface area contributed by atoms with E-state index in [1.54, 1.807) is 6.07 Å². The average molecular weight is 346 g/mol. The van der Waals surface area contributed by atoms with Crippen LogP contribution in [0.5, 0.6) is 5.75 Å². The fraction of sp³-hybridized carbons (Fsp3) is 0.375. The summed E-state index contributed by atoms with van der Waals surface area (Å²) in [6, 6.07) is 5.51. The number of nitrogens with one attached hydrogen (secondary N) is 2. The molecule has 2 aromatic rings. The number of hydrogen-bond acceptors (Lipinski definition) is 6. The Kier molecular flexibility index (Phi) is 4.48. The van der Waals surface area contributed by atoms with Crippen molar-refractivity contribution in [3.05, 3.63) is 28.8 Å². The van der Waals surface area contributed by atoms with Gasteiger partial charge in [-0.2, -0.15) is 0 Å². The third-order valence-electron chi connectivity index (χ3n) is 3.51. The summed E-state index contributed by atoms with van der Waals surface area (Å²) in [7, 11) is 0. The van der Waals surface area contributed by atoms with Gasteiger partial charge in [0.25, 0.3) is 5.91 Å². The molecule has 3 rings (SSSR count). The van der Waals surface area contributed by atoms with Crippen molar-refractivity contribution in [2.75, 3.05) is 10.6 Å². The summed E-state index contributed by atoms with van der Waals surface area (Å²) in [5.41, 5.74) is 1.65. The number of hydrogen-bond donors (Lipinski definition) is 2. The second-order valence-electron chi connectivity index (χ2n) is 5.95. The molecule has 1 aliphatic heterocycles. The van der Waals surface area contributed by atoms with Crippen LogP contribution in [0.3, 0.4) is 0 Å². The summed E-state index contributed by atoms with van der Waals surface area (Å²) in [6.45, 7) is 5.94. The van der Waals surface area contributed by atoms with Gasteiger partial charge >= 0.3 is 0 Å². The summed E-state index contributed by atoms with van der Waals surface area (Å²) >= 11 is 1.33. The molecule has 0 fully saturated rings. The molecule has 8 heteroatoms. The molecule has 1 aromatic carbocycles. The summed E-state index contributed by atoms with van der Waals surface area (Å²) in [5, 5.41) is 14.7. The second-order valence-corrected chi connectivity index (χ2v) is 6.96. The highest BCUT2D eigenvalue weighted by Crippen LogP contribution is 2.31. The summed E-state index contributed by atoms with van der Waals surface area (Å²) in [5.74, 6) is 0.150. The highest BCUT2D eigenvalue weighted by Gasteiger charge is 2.30. The Morgan fingerprint density at radius 1 is 1.42 bits per heavy atom. The number of anilines is 2. The molecule has 2 amide bonds. The third-order valence-corrected chi connectivity index (χ3v) is 4.65. The number of ether oxygens (including phenoxy) is 1. The maximum absolute atomic E-state index is 12.1. The monoisotopic (exact) mass is 346 g/mol. The van der Waals surface area contributed by atoms with Gasteiger partial charge in [0, 0.05) is 5.92 Å². The molecule has 1 atom stereocenters. The van der Waals surface area contributed by atoms with Crippen LogP contribution in [0.25, 0.3) is 0 Å². The minimum absolute atomic E-state index is 0.0876. The summed E-state index contributed by atoms with van der Waals surface area (Å²) in [6.07, 6.45) is -0.951. The van der Waals surface area contributed by atoms with Gasteiger partial charge in [0.15, 0.2) is 6.10 Å². The number of benzene rings is 1. The normalized spacial score (nSPS) is 16.3. The third kappa shape index (κ3) is 3.53. The van der Waals surface area contributed by atoms with Crippen LogP contribution in [0.2, 0.25) is 0 Å². The first-order chi connectivity index (χ1) is 11.4. The van der Waals surface area contributed by atoms with Crippen LogP contribution >= 0.6 is 11.3 Å². The summed E-state index contributed by atoms with van der Waals surface area (Å²) in [4.78, 5) is 24.2. The lowest BCUT2D eigenvalue weighted by Crippen LogP contribution is -2.39. The van der Waals surface area contributed by atoms with Gasteiger partial charge in [-0.25, -0.2) is 0 Å². The molecule has 0 saturated heterocycles. The van der Waals surface area contributed by atoms with Crippen LogP contribution in [0.1, 0.15) is 36.8 Å². The molecule has 0 bridgehead atoms. The van der Waals surface area contributed by atoms with Gasteiger partial charge in [0.05, 0.1) is 12.1 Å². The van der Waals surface area contributed by atoms with Crippen molar-refractivity contribution < 1.29 is 14.3 Å². The Morgan fingerprint density at radius 3 is 2.92 bits per heavy atom. The molecule has 0 saturated carbocycles. The first-order valence-electron chi connectivity index (χ1n) is 7.64. The van der Waals surface area contributed by atoms with Crippen molar-refractivity contribution in [2.24, 2.45) is 0 Å². The van der Waals surface area contributed by atoms with Crippen LogP contribution in [-0.2, 0) is 9.59 Å². The zero-order valence-corrected chi connectivity index (χ0v) is 14.4. The molecule has 1 aliphatic rings. The van der Waals surface area contributed by atoms with Crippen LogP contribution in [0.15, 0.2) is 18.2 Å². The Balaban J connectivity index is 1.64. The number of rotatable bonds is 4. The van der Waals surface area contributed by atoms with Gasteiger partial charge in [-0.15, -0.1) is 10.2 Å². The zero-order valence-electron chi connectivity index (χ0n) is 13.6. The predicted octanol–water partition coefficient (Wildman–Crippen LogP) is 2.70. The van der Waals surface area contributed by atoms with Gasteiger partial charge in [-0.3, -0.25) is 9.59 Å².